The molecule has 1 amide bonds. The number of carbonyl (C=O) groups excluding carboxylic acids is 1. The molecule has 0 aliphatic carbocycles. The van der Waals surface area contributed by atoms with Gasteiger partial charge in [0.15, 0.2) is 5.13 Å². The van der Waals surface area contributed by atoms with Crippen molar-refractivity contribution in [2.45, 2.75) is 46.3 Å². The summed E-state index contributed by atoms with van der Waals surface area (Å²) in [5, 5.41) is 21.7. The Hall–Kier alpha value is -3.52. The Balaban J connectivity index is 1.45. The second-order valence-electron chi connectivity index (χ2n) is 8.72. The molecule has 1 aliphatic rings. The van der Waals surface area contributed by atoms with Crippen LogP contribution in [0.1, 0.15) is 58.3 Å². The largest absolute Gasteiger partial charge is 0.302 e. The van der Waals surface area contributed by atoms with Crippen molar-refractivity contribution in [1.82, 2.24) is 9.88 Å². The first-order chi connectivity index (χ1) is 15.9. The molecule has 0 saturated carbocycles. The van der Waals surface area contributed by atoms with Crippen LogP contribution in [0.25, 0.3) is 0 Å². The van der Waals surface area contributed by atoms with E-state index in [1.54, 1.807) is 35.6 Å². The highest BCUT2D eigenvalue weighted by Crippen LogP contribution is 2.43. The van der Waals surface area contributed by atoms with Gasteiger partial charge in [0.25, 0.3) is 0 Å². The molecule has 1 atom stereocenters. The van der Waals surface area contributed by atoms with Gasteiger partial charge in [-0.05, 0) is 47.7 Å². The number of benzene rings is 2. The third kappa shape index (κ3) is 4.96. The van der Waals surface area contributed by atoms with Crippen LogP contribution in [0.4, 0.5) is 5.13 Å². The number of aromatic nitrogens is 1. The van der Waals surface area contributed by atoms with Gasteiger partial charge in [-0.1, -0.05) is 38.1 Å². The molecule has 3 aromatic rings. The molecular formula is C26H25N5OS. The van der Waals surface area contributed by atoms with Gasteiger partial charge in [-0.25, -0.2) is 4.98 Å². The van der Waals surface area contributed by atoms with Crippen molar-refractivity contribution in [3.05, 3.63) is 80.9 Å². The molecule has 0 spiro atoms. The summed E-state index contributed by atoms with van der Waals surface area (Å²) in [7, 11) is 0. The topological polar surface area (TPSA) is 92.8 Å². The van der Waals surface area contributed by atoms with Gasteiger partial charge in [0.05, 0.1) is 41.4 Å². The number of thiazole rings is 1. The molecule has 166 valence electrons. The molecule has 7 heteroatoms. The molecule has 0 unspecified atom stereocenters. The smallest absolute Gasteiger partial charge is 0.230 e. The maximum atomic E-state index is 12.5. The number of hydrogen-bond acceptors (Lipinski definition) is 6. The maximum absolute atomic E-state index is 12.5. The minimum atomic E-state index is -0.113. The van der Waals surface area contributed by atoms with Gasteiger partial charge >= 0.3 is 0 Å². The number of nitrogens with one attached hydrogen (secondary N) is 1. The van der Waals surface area contributed by atoms with Crippen LogP contribution in [0, 0.1) is 35.5 Å². The van der Waals surface area contributed by atoms with Crippen molar-refractivity contribution in [1.29, 1.82) is 10.5 Å². The molecule has 1 aliphatic heterocycles. The average Bonchev–Trinajstić information content (AvgIpc) is 3.30. The molecule has 1 N–H and O–H groups in total. The summed E-state index contributed by atoms with van der Waals surface area (Å²) in [5.74, 6) is 0.258. The Morgan fingerprint density at radius 1 is 1.18 bits per heavy atom. The van der Waals surface area contributed by atoms with E-state index in [2.05, 4.69) is 42.3 Å². The van der Waals surface area contributed by atoms with Gasteiger partial charge < -0.3 is 5.32 Å². The zero-order chi connectivity index (χ0) is 23.5. The number of fused-ring (bicyclic) bond motifs is 1. The van der Waals surface area contributed by atoms with Crippen molar-refractivity contribution < 1.29 is 4.79 Å². The average molecular weight is 456 g/mol. The zero-order valence-corrected chi connectivity index (χ0v) is 19.7. The summed E-state index contributed by atoms with van der Waals surface area (Å²) >= 11 is 1.54. The lowest BCUT2D eigenvalue weighted by Crippen LogP contribution is -2.26. The number of anilines is 1. The Bertz CT molecular complexity index is 1260. The fraction of sp³-hybridized carbons (Fsp3) is 0.308. The molecule has 4 rings (SSSR count). The second-order valence-corrected chi connectivity index (χ2v) is 9.80. The van der Waals surface area contributed by atoms with Gasteiger partial charge in [0, 0.05) is 18.0 Å². The van der Waals surface area contributed by atoms with Crippen LogP contribution in [0.15, 0.2) is 42.5 Å². The molecule has 0 saturated heterocycles. The lowest BCUT2D eigenvalue weighted by atomic mass is 10.0. The van der Waals surface area contributed by atoms with Crippen LogP contribution >= 0.6 is 11.3 Å². The molecule has 0 bridgehead atoms. The summed E-state index contributed by atoms with van der Waals surface area (Å²) in [6.45, 7) is 7.94. The normalized spacial score (nSPS) is 15.2. The van der Waals surface area contributed by atoms with Crippen LogP contribution in [-0.4, -0.2) is 15.8 Å². The second kappa shape index (κ2) is 9.54. The molecule has 0 radical (unpaired) electrons. The summed E-state index contributed by atoms with van der Waals surface area (Å²) < 4.78 is 0. The maximum Gasteiger partial charge on any atom is 0.230 e. The third-order valence-electron chi connectivity index (χ3n) is 5.87. The van der Waals surface area contributed by atoms with Gasteiger partial charge in [0.2, 0.25) is 5.91 Å². The lowest BCUT2D eigenvalue weighted by Gasteiger charge is -2.27. The lowest BCUT2D eigenvalue weighted by molar-refractivity contribution is -0.115. The molecule has 2 aromatic carbocycles. The SMILES string of the molecule is Cc1cc(CN2Cc3sc(NC(=O)Cc4ccc(C#N)cc4)nc3[C@@H]2C(C)C)ccc1C#N. The van der Waals surface area contributed by atoms with E-state index >= 15 is 0 Å². The van der Waals surface area contributed by atoms with Gasteiger partial charge in [0.1, 0.15) is 0 Å². The molecule has 2 heterocycles. The summed E-state index contributed by atoms with van der Waals surface area (Å²) in [6.07, 6.45) is 0.244. The van der Waals surface area contributed by atoms with Gasteiger partial charge in [-0.15, -0.1) is 11.3 Å². The zero-order valence-electron chi connectivity index (χ0n) is 18.9. The van der Waals surface area contributed by atoms with Crippen molar-refractivity contribution in [3.8, 4) is 12.1 Å². The van der Waals surface area contributed by atoms with E-state index in [4.69, 9.17) is 10.2 Å². The highest BCUT2D eigenvalue weighted by molar-refractivity contribution is 7.15. The van der Waals surface area contributed by atoms with Crippen LogP contribution in [0.2, 0.25) is 0 Å². The first-order valence-electron chi connectivity index (χ1n) is 10.9. The van der Waals surface area contributed by atoms with E-state index in [9.17, 15) is 10.1 Å². The number of nitriles is 2. The number of amides is 1. The Morgan fingerprint density at radius 2 is 1.91 bits per heavy atom. The van der Waals surface area contributed by atoms with E-state index in [1.165, 1.54) is 10.4 Å². The van der Waals surface area contributed by atoms with E-state index in [0.717, 1.165) is 29.9 Å². The van der Waals surface area contributed by atoms with Gasteiger partial charge in [-0.3, -0.25) is 9.69 Å². The van der Waals surface area contributed by atoms with Gasteiger partial charge in [-0.2, -0.15) is 10.5 Å². The summed E-state index contributed by atoms with van der Waals surface area (Å²) in [4.78, 5) is 20.9. The van der Waals surface area contributed by atoms with Crippen molar-refractivity contribution in [3.63, 3.8) is 0 Å². The van der Waals surface area contributed by atoms with Crippen molar-refractivity contribution in [2.75, 3.05) is 5.32 Å². The van der Waals surface area contributed by atoms with Crippen molar-refractivity contribution in [2.24, 2.45) is 5.92 Å². The van der Waals surface area contributed by atoms with Crippen LogP contribution in [0.5, 0.6) is 0 Å². The minimum absolute atomic E-state index is 0.113. The number of rotatable bonds is 6. The Labute approximate surface area is 198 Å². The summed E-state index contributed by atoms with van der Waals surface area (Å²) in [5.41, 5.74) is 5.38. The Morgan fingerprint density at radius 3 is 2.55 bits per heavy atom. The van der Waals surface area contributed by atoms with Crippen LogP contribution in [-0.2, 0) is 24.3 Å². The van der Waals surface area contributed by atoms with E-state index in [1.807, 2.05) is 19.1 Å². The van der Waals surface area contributed by atoms with Crippen LogP contribution in [0.3, 0.4) is 0 Å². The van der Waals surface area contributed by atoms with Crippen molar-refractivity contribution >= 4 is 22.4 Å². The number of aryl methyl sites for hydroxylation is 1. The summed E-state index contributed by atoms with van der Waals surface area (Å²) in [6, 6.07) is 17.5. The fourth-order valence-corrected chi connectivity index (χ4v) is 5.38. The Kier molecular flexibility index (Phi) is 6.55. The molecular weight excluding hydrogens is 430 g/mol. The third-order valence-corrected chi connectivity index (χ3v) is 6.84. The van der Waals surface area contributed by atoms with E-state index < -0.39 is 0 Å². The number of nitrogens with zero attached hydrogens (tertiary/aromatic N) is 4. The molecule has 0 fully saturated rings. The minimum Gasteiger partial charge on any atom is -0.302 e. The predicted octanol–water partition coefficient (Wildman–Crippen LogP) is 5.09. The molecule has 6 nitrogen and oxygen atoms in total. The molecule has 1 aromatic heterocycles. The van der Waals surface area contributed by atoms with E-state index in [-0.39, 0.29) is 18.4 Å². The standard InChI is InChI=1S/C26H25N5OS/c1-16(2)25-24-22(15-31(25)14-20-8-9-21(13-28)17(3)10-20)33-26(30-24)29-23(32)11-18-4-6-19(12-27)7-5-18/h4-10,16,25H,11,14-15H2,1-3H3,(H,29,30,32)/t25-/m0/s1. The monoisotopic (exact) mass is 455 g/mol. The number of carbonyl (C=O) groups is 1. The van der Waals surface area contributed by atoms with E-state index in [0.29, 0.717) is 22.2 Å². The van der Waals surface area contributed by atoms with Crippen LogP contribution < -0.4 is 5.32 Å². The highest BCUT2D eigenvalue weighted by atomic mass is 32.1. The first-order valence-corrected chi connectivity index (χ1v) is 11.7. The highest BCUT2D eigenvalue weighted by Gasteiger charge is 2.36. The quantitative estimate of drug-likeness (QED) is 0.559. The predicted molar refractivity (Wildman–Crippen MR) is 128 cm³/mol. The number of hydrogen-bond donors (Lipinski definition) is 1. The fourth-order valence-electron chi connectivity index (χ4n) is 4.34. The molecule has 33 heavy (non-hydrogen) atoms. The first kappa shape index (κ1) is 22.7.